The Morgan fingerprint density at radius 3 is 1.15 bits per heavy atom. The van der Waals surface area contributed by atoms with Crippen LogP contribution in [0.4, 0.5) is 0 Å². The van der Waals surface area contributed by atoms with Gasteiger partial charge in [0.1, 0.15) is 0 Å². The molecule has 11 aromatic rings. The van der Waals surface area contributed by atoms with Gasteiger partial charge >= 0.3 is 7.80 Å². The Morgan fingerprint density at radius 2 is 0.642 bits per heavy atom. The molecule has 3 heterocycles. The molecule has 0 bridgehead atoms. The van der Waals surface area contributed by atoms with Gasteiger partial charge in [-0.15, -0.1) is 0 Å². The van der Waals surface area contributed by atoms with Gasteiger partial charge in [0.2, 0.25) is 0 Å². The number of rotatable bonds is 5. The summed E-state index contributed by atoms with van der Waals surface area (Å²) < 4.78 is 21.0. The lowest BCUT2D eigenvalue weighted by Crippen LogP contribution is -2.06. The van der Waals surface area contributed by atoms with Gasteiger partial charge in [0.15, 0.2) is 10.6 Å². The van der Waals surface area contributed by atoms with E-state index in [0.717, 1.165) is 49.7 Å². The quantitative estimate of drug-likeness (QED) is 0.165. The molecule has 0 radical (unpaired) electrons. The van der Waals surface area contributed by atoms with Crippen LogP contribution in [0, 0.1) is 0 Å². The molecule has 53 heavy (non-hydrogen) atoms. The predicted molar refractivity (Wildman–Crippen MR) is 223 cm³/mol. The SMILES string of the molecule is O=[P+](c1ccccc1)c1ccc(-n2c3ccccc3c3c4c5ccccc5n(-c5ccccc5)c4c4c(c5ccccc5n4-c4ccccc4)c32)cc1. The summed E-state index contributed by atoms with van der Waals surface area (Å²) in [5.41, 5.74) is 10.2. The number of para-hydroxylation sites is 5. The van der Waals surface area contributed by atoms with Gasteiger partial charge in [-0.2, -0.15) is 0 Å². The highest BCUT2D eigenvalue weighted by atomic mass is 31.1. The van der Waals surface area contributed by atoms with Gasteiger partial charge in [0.05, 0.1) is 33.1 Å². The zero-order chi connectivity index (χ0) is 35.0. The predicted octanol–water partition coefficient (Wildman–Crippen LogP) is 11.8. The number of fused-ring (bicyclic) bond motifs is 12. The van der Waals surface area contributed by atoms with Gasteiger partial charge in [-0.05, 0) is 78.9 Å². The number of nitrogens with zero attached hydrogens (tertiary/aromatic N) is 3. The molecule has 0 spiro atoms. The van der Waals surface area contributed by atoms with Crippen LogP contribution in [0.25, 0.3) is 82.5 Å². The van der Waals surface area contributed by atoms with E-state index in [9.17, 15) is 4.57 Å². The Kier molecular flexibility index (Phi) is 6.58. The van der Waals surface area contributed by atoms with Crippen molar-refractivity contribution in [2.24, 2.45) is 0 Å². The van der Waals surface area contributed by atoms with Crippen molar-refractivity contribution in [2.75, 3.05) is 0 Å². The smallest absolute Gasteiger partial charge is 0.309 e. The minimum atomic E-state index is -1.71. The van der Waals surface area contributed by atoms with Crippen molar-refractivity contribution >= 4 is 83.8 Å². The standard InChI is InChI=1S/C48H31N3OP/c52-53(35-20-8-3-9-21-35)36-30-28-34(29-31-36)49-40-25-13-10-22-37(40)43-44-38-23-11-14-26-41(38)50(32-16-4-1-5-17-32)47(44)48-45(46(43)49)39-24-12-15-27-42(39)51(48)33-18-6-2-7-19-33/h1-31H/q+1. The monoisotopic (exact) mass is 696 g/mol. The minimum absolute atomic E-state index is 0.815. The highest BCUT2D eigenvalue weighted by Gasteiger charge is 2.29. The van der Waals surface area contributed by atoms with Gasteiger partial charge in [-0.1, -0.05) is 114 Å². The van der Waals surface area contributed by atoms with Crippen molar-refractivity contribution in [2.45, 2.75) is 0 Å². The molecule has 0 saturated heterocycles. The summed E-state index contributed by atoms with van der Waals surface area (Å²) in [4.78, 5) is 0. The van der Waals surface area contributed by atoms with Crippen molar-refractivity contribution < 1.29 is 4.57 Å². The van der Waals surface area contributed by atoms with E-state index in [2.05, 4.69) is 159 Å². The Hall–Kier alpha value is -6.74. The molecule has 4 nitrogen and oxygen atoms in total. The molecule has 0 aliphatic carbocycles. The molecule has 0 amide bonds. The average molecular weight is 697 g/mol. The maximum Gasteiger partial charge on any atom is 0.415 e. The summed E-state index contributed by atoms with van der Waals surface area (Å²) in [6.45, 7) is 0. The molecule has 8 aromatic carbocycles. The molecular formula is C48H31N3OP+. The summed E-state index contributed by atoms with van der Waals surface area (Å²) in [5.74, 6) is 0. The highest BCUT2D eigenvalue weighted by molar-refractivity contribution is 7.61. The van der Waals surface area contributed by atoms with E-state index in [0.29, 0.717) is 0 Å². The van der Waals surface area contributed by atoms with Crippen LogP contribution in [0.15, 0.2) is 188 Å². The van der Waals surface area contributed by atoms with Crippen molar-refractivity contribution in [1.29, 1.82) is 0 Å². The Balaban J connectivity index is 1.38. The fourth-order valence-electron chi connectivity index (χ4n) is 8.56. The van der Waals surface area contributed by atoms with Crippen molar-refractivity contribution in [1.82, 2.24) is 13.7 Å². The number of hydrogen-bond donors (Lipinski definition) is 0. The highest BCUT2D eigenvalue weighted by Crippen LogP contribution is 2.50. The largest absolute Gasteiger partial charge is 0.415 e. The first-order valence-corrected chi connectivity index (χ1v) is 19.2. The molecule has 0 aliphatic heterocycles. The molecular weight excluding hydrogens is 666 g/mol. The average Bonchev–Trinajstić information content (AvgIpc) is 3.88. The zero-order valence-corrected chi connectivity index (χ0v) is 29.5. The number of aromatic nitrogens is 3. The second-order valence-electron chi connectivity index (χ2n) is 13.5. The first kappa shape index (κ1) is 29.9. The molecule has 0 fully saturated rings. The van der Waals surface area contributed by atoms with Crippen LogP contribution in [0.3, 0.4) is 0 Å². The topological polar surface area (TPSA) is 31.9 Å². The lowest BCUT2D eigenvalue weighted by Gasteiger charge is -2.14. The lowest BCUT2D eigenvalue weighted by atomic mass is 10.0. The zero-order valence-electron chi connectivity index (χ0n) is 28.6. The van der Waals surface area contributed by atoms with Gasteiger partial charge in [-0.3, -0.25) is 0 Å². The fraction of sp³-hybridized carbons (Fsp3) is 0. The van der Waals surface area contributed by atoms with Crippen LogP contribution in [-0.2, 0) is 4.57 Å². The van der Waals surface area contributed by atoms with E-state index in [1.807, 2.05) is 42.5 Å². The van der Waals surface area contributed by atoms with E-state index in [1.54, 1.807) is 0 Å². The van der Waals surface area contributed by atoms with Crippen LogP contribution in [-0.4, -0.2) is 13.7 Å². The molecule has 3 aromatic heterocycles. The molecule has 0 N–H and O–H groups in total. The summed E-state index contributed by atoms with van der Waals surface area (Å²) in [6.07, 6.45) is 0. The maximum atomic E-state index is 13.7. The van der Waals surface area contributed by atoms with Crippen LogP contribution < -0.4 is 10.6 Å². The summed E-state index contributed by atoms with van der Waals surface area (Å²) >= 11 is 0. The molecule has 0 aliphatic rings. The van der Waals surface area contributed by atoms with Crippen LogP contribution in [0.2, 0.25) is 0 Å². The molecule has 11 rings (SSSR count). The maximum absolute atomic E-state index is 13.7. The van der Waals surface area contributed by atoms with Gasteiger partial charge in [0.25, 0.3) is 0 Å². The molecule has 1 unspecified atom stereocenters. The van der Waals surface area contributed by atoms with Crippen molar-refractivity contribution in [3.05, 3.63) is 188 Å². The third kappa shape index (κ3) is 4.31. The number of hydrogen-bond acceptors (Lipinski definition) is 1. The third-order valence-corrected chi connectivity index (χ3v) is 12.2. The van der Waals surface area contributed by atoms with Crippen molar-refractivity contribution in [3.8, 4) is 17.1 Å². The van der Waals surface area contributed by atoms with Crippen molar-refractivity contribution in [3.63, 3.8) is 0 Å². The molecule has 0 saturated carbocycles. The Labute approximate surface area is 306 Å². The van der Waals surface area contributed by atoms with E-state index < -0.39 is 7.80 Å². The first-order valence-electron chi connectivity index (χ1n) is 17.9. The number of benzene rings is 8. The van der Waals surface area contributed by atoms with Crippen LogP contribution in [0.1, 0.15) is 0 Å². The second-order valence-corrected chi connectivity index (χ2v) is 15.2. The minimum Gasteiger partial charge on any atom is -0.309 e. The summed E-state index contributed by atoms with van der Waals surface area (Å²) in [5, 5.41) is 8.89. The molecule has 248 valence electrons. The lowest BCUT2D eigenvalue weighted by molar-refractivity contribution is 0.598. The van der Waals surface area contributed by atoms with Crippen LogP contribution >= 0.6 is 7.80 Å². The fourth-order valence-corrected chi connectivity index (χ4v) is 9.72. The van der Waals surface area contributed by atoms with Gasteiger partial charge in [-0.25, -0.2) is 0 Å². The molecule has 1 atom stereocenters. The third-order valence-electron chi connectivity index (χ3n) is 10.7. The van der Waals surface area contributed by atoms with Gasteiger partial charge in [0, 0.05) is 49.4 Å². The van der Waals surface area contributed by atoms with Gasteiger partial charge < -0.3 is 13.7 Å². The second kappa shape index (κ2) is 11.6. The first-order chi connectivity index (χ1) is 26.3. The Morgan fingerprint density at radius 1 is 0.302 bits per heavy atom. The van der Waals surface area contributed by atoms with Crippen LogP contribution in [0.5, 0.6) is 0 Å². The summed E-state index contributed by atoms with van der Waals surface area (Å²) in [7, 11) is -1.71. The Bertz CT molecular complexity index is 3210. The van der Waals surface area contributed by atoms with E-state index in [-0.39, 0.29) is 0 Å². The molecule has 5 heteroatoms. The van der Waals surface area contributed by atoms with E-state index >= 15 is 0 Å². The van der Waals surface area contributed by atoms with E-state index in [4.69, 9.17) is 0 Å². The normalized spacial score (nSPS) is 12.2. The van der Waals surface area contributed by atoms with E-state index in [1.165, 1.54) is 43.4 Å². The summed E-state index contributed by atoms with van der Waals surface area (Å²) in [6, 6.07) is 66.0.